The lowest BCUT2D eigenvalue weighted by Gasteiger charge is -2.04. The van der Waals surface area contributed by atoms with E-state index in [1.165, 1.54) is 6.08 Å². The van der Waals surface area contributed by atoms with E-state index >= 15 is 0 Å². The molecule has 0 bridgehead atoms. The molecule has 0 aliphatic carbocycles. The van der Waals surface area contributed by atoms with Gasteiger partial charge in [0.1, 0.15) is 0 Å². The summed E-state index contributed by atoms with van der Waals surface area (Å²) in [4.78, 5) is 11.6. The number of benzene rings is 1. The van der Waals surface area contributed by atoms with Crippen LogP contribution in [0.15, 0.2) is 18.2 Å². The number of hydrogen-bond acceptors (Lipinski definition) is 3. The number of amides is 1. The fourth-order valence-electron chi connectivity index (χ4n) is 1.62. The Morgan fingerprint density at radius 2 is 2.26 bits per heavy atom. The monoisotopic (exact) mass is 373 g/mol. The maximum atomic E-state index is 11.6. The fraction of sp³-hybridized carbons (Fsp3) is 0.357. The molecule has 102 valence electrons. The van der Waals surface area contributed by atoms with E-state index in [9.17, 15) is 4.79 Å². The van der Waals surface area contributed by atoms with Crippen LogP contribution < -0.4 is 14.8 Å². The van der Waals surface area contributed by atoms with Crippen molar-refractivity contribution in [2.45, 2.75) is 13.8 Å². The molecule has 0 spiro atoms. The molecule has 2 rings (SSSR count). The van der Waals surface area contributed by atoms with Crippen LogP contribution in [0.3, 0.4) is 0 Å². The first-order chi connectivity index (χ1) is 9.06. The summed E-state index contributed by atoms with van der Waals surface area (Å²) in [5.41, 5.74) is 0.924. The van der Waals surface area contributed by atoms with E-state index in [4.69, 9.17) is 9.47 Å². The van der Waals surface area contributed by atoms with E-state index in [0.717, 1.165) is 20.6 Å². The van der Waals surface area contributed by atoms with Crippen molar-refractivity contribution in [2.24, 2.45) is 5.92 Å². The molecule has 0 fully saturated rings. The van der Waals surface area contributed by atoms with E-state index < -0.39 is 0 Å². The smallest absolute Gasteiger partial charge is 0.244 e. The Hall–Kier alpha value is -1.24. The minimum atomic E-state index is -0.0821. The predicted molar refractivity (Wildman–Crippen MR) is 82.2 cm³/mol. The number of carbonyl (C=O) groups is 1. The van der Waals surface area contributed by atoms with E-state index in [1.807, 2.05) is 12.1 Å². The first-order valence-corrected chi connectivity index (χ1v) is 7.19. The van der Waals surface area contributed by atoms with E-state index in [0.29, 0.717) is 12.5 Å². The summed E-state index contributed by atoms with van der Waals surface area (Å²) in [5.74, 6) is 1.88. The largest absolute Gasteiger partial charge is 0.454 e. The molecule has 1 aromatic rings. The summed E-state index contributed by atoms with van der Waals surface area (Å²) >= 11 is 2.19. The van der Waals surface area contributed by atoms with Crippen molar-refractivity contribution in [3.63, 3.8) is 0 Å². The number of hydrogen-bond donors (Lipinski definition) is 1. The molecule has 0 atom stereocenters. The maximum absolute atomic E-state index is 11.6. The van der Waals surface area contributed by atoms with Gasteiger partial charge in [0.15, 0.2) is 11.5 Å². The molecule has 0 saturated carbocycles. The normalized spacial score (nSPS) is 13.3. The van der Waals surface area contributed by atoms with Crippen molar-refractivity contribution in [1.82, 2.24) is 5.32 Å². The number of halogens is 1. The van der Waals surface area contributed by atoms with Gasteiger partial charge in [0, 0.05) is 12.6 Å². The predicted octanol–water partition coefficient (Wildman–Crippen LogP) is 2.81. The molecule has 1 aliphatic rings. The van der Waals surface area contributed by atoms with Gasteiger partial charge in [-0.2, -0.15) is 0 Å². The summed E-state index contributed by atoms with van der Waals surface area (Å²) in [7, 11) is 0. The number of carbonyl (C=O) groups excluding carboxylic acids is 1. The Balaban J connectivity index is 2.03. The second-order valence-electron chi connectivity index (χ2n) is 4.71. The molecule has 19 heavy (non-hydrogen) atoms. The van der Waals surface area contributed by atoms with Crippen LogP contribution in [0.4, 0.5) is 0 Å². The van der Waals surface area contributed by atoms with E-state index in [1.54, 1.807) is 6.08 Å². The first-order valence-electron chi connectivity index (χ1n) is 6.11. The summed E-state index contributed by atoms with van der Waals surface area (Å²) in [6.07, 6.45) is 3.32. The standard InChI is InChI=1S/C14H16INO3/c1-9(2)7-16-13(17)4-3-10-5-11(15)14-12(6-10)18-8-19-14/h3-6,9H,7-8H2,1-2H3,(H,16,17). The topological polar surface area (TPSA) is 47.6 Å². The highest BCUT2D eigenvalue weighted by Gasteiger charge is 2.17. The van der Waals surface area contributed by atoms with Crippen LogP contribution in [0.25, 0.3) is 6.08 Å². The average Bonchev–Trinajstić information content (AvgIpc) is 2.82. The van der Waals surface area contributed by atoms with Crippen LogP contribution >= 0.6 is 22.6 Å². The van der Waals surface area contributed by atoms with Crippen LogP contribution in [-0.2, 0) is 4.79 Å². The molecule has 5 heteroatoms. The summed E-state index contributed by atoms with van der Waals surface area (Å²) in [5, 5.41) is 2.84. The van der Waals surface area contributed by atoms with Crippen LogP contribution in [-0.4, -0.2) is 19.2 Å². The number of rotatable bonds is 4. The minimum absolute atomic E-state index is 0.0821. The maximum Gasteiger partial charge on any atom is 0.244 e. The first kappa shape index (κ1) is 14.2. The molecule has 1 amide bonds. The van der Waals surface area contributed by atoms with Gasteiger partial charge in [-0.15, -0.1) is 0 Å². The molecule has 0 saturated heterocycles. The highest BCUT2D eigenvalue weighted by atomic mass is 127. The Morgan fingerprint density at radius 3 is 3.00 bits per heavy atom. The minimum Gasteiger partial charge on any atom is -0.454 e. The molecule has 1 heterocycles. The van der Waals surface area contributed by atoms with Gasteiger partial charge < -0.3 is 14.8 Å². The van der Waals surface area contributed by atoms with Gasteiger partial charge in [0.2, 0.25) is 12.7 Å². The zero-order valence-electron chi connectivity index (χ0n) is 10.9. The van der Waals surface area contributed by atoms with Gasteiger partial charge in [-0.25, -0.2) is 0 Å². The lowest BCUT2D eigenvalue weighted by molar-refractivity contribution is -0.116. The number of nitrogens with one attached hydrogen (secondary N) is 1. The van der Waals surface area contributed by atoms with E-state index in [2.05, 4.69) is 41.8 Å². The van der Waals surface area contributed by atoms with Crippen molar-refractivity contribution in [1.29, 1.82) is 0 Å². The van der Waals surface area contributed by atoms with Gasteiger partial charge in [-0.3, -0.25) is 4.79 Å². The third-order valence-corrected chi connectivity index (χ3v) is 3.36. The van der Waals surface area contributed by atoms with Gasteiger partial charge in [0.25, 0.3) is 0 Å². The second kappa shape index (κ2) is 6.27. The van der Waals surface area contributed by atoms with Gasteiger partial charge in [0.05, 0.1) is 3.57 Å². The van der Waals surface area contributed by atoms with Crippen molar-refractivity contribution < 1.29 is 14.3 Å². The number of ether oxygens (including phenoxy) is 2. The zero-order chi connectivity index (χ0) is 13.8. The van der Waals surface area contributed by atoms with Crippen molar-refractivity contribution in [2.75, 3.05) is 13.3 Å². The van der Waals surface area contributed by atoms with Crippen molar-refractivity contribution >= 4 is 34.6 Å². The Labute approximate surface area is 126 Å². The SMILES string of the molecule is CC(C)CNC(=O)C=Cc1cc(I)c2c(c1)OCO2. The van der Waals surface area contributed by atoms with Crippen LogP contribution in [0.5, 0.6) is 11.5 Å². The van der Waals surface area contributed by atoms with Crippen LogP contribution in [0.2, 0.25) is 0 Å². The Morgan fingerprint density at radius 1 is 1.47 bits per heavy atom. The third kappa shape index (κ3) is 3.86. The van der Waals surface area contributed by atoms with Gasteiger partial charge in [-0.05, 0) is 52.3 Å². The fourth-order valence-corrected chi connectivity index (χ4v) is 2.40. The van der Waals surface area contributed by atoms with Crippen molar-refractivity contribution in [3.8, 4) is 11.5 Å². The molecule has 1 N–H and O–H groups in total. The highest BCUT2D eigenvalue weighted by Crippen LogP contribution is 2.37. The lowest BCUT2D eigenvalue weighted by Crippen LogP contribution is -2.25. The zero-order valence-corrected chi connectivity index (χ0v) is 13.1. The summed E-state index contributed by atoms with van der Waals surface area (Å²) in [6.45, 7) is 5.06. The molecule has 0 aromatic heterocycles. The van der Waals surface area contributed by atoms with E-state index in [-0.39, 0.29) is 12.7 Å². The highest BCUT2D eigenvalue weighted by molar-refractivity contribution is 14.1. The molecular formula is C14H16INO3. The van der Waals surface area contributed by atoms with Crippen LogP contribution in [0, 0.1) is 9.49 Å². The lowest BCUT2D eigenvalue weighted by atomic mass is 10.2. The van der Waals surface area contributed by atoms with Crippen LogP contribution in [0.1, 0.15) is 19.4 Å². The number of fused-ring (bicyclic) bond motifs is 1. The molecule has 0 unspecified atom stereocenters. The third-order valence-electron chi connectivity index (χ3n) is 2.56. The molecule has 1 aliphatic heterocycles. The molecular weight excluding hydrogens is 357 g/mol. The second-order valence-corrected chi connectivity index (χ2v) is 5.87. The molecule has 1 aromatic carbocycles. The Bertz CT molecular complexity index is 512. The Kier molecular flexibility index (Phi) is 4.68. The molecule has 0 radical (unpaired) electrons. The average molecular weight is 373 g/mol. The quantitative estimate of drug-likeness (QED) is 0.652. The van der Waals surface area contributed by atoms with Crippen molar-refractivity contribution in [3.05, 3.63) is 27.3 Å². The summed E-state index contributed by atoms with van der Waals surface area (Å²) in [6, 6.07) is 3.83. The molecule has 4 nitrogen and oxygen atoms in total. The van der Waals surface area contributed by atoms with Gasteiger partial charge in [-0.1, -0.05) is 13.8 Å². The van der Waals surface area contributed by atoms with Gasteiger partial charge >= 0.3 is 0 Å². The summed E-state index contributed by atoms with van der Waals surface area (Å²) < 4.78 is 11.7.